The van der Waals surface area contributed by atoms with Gasteiger partial charge in [-0.1, -0.05) is 12.1 Å². The van der Waals surface area contributed by atoms with Gasteiger partial charge >= 0.3 is 0 Å². The van der Waals surface area contributed by atoms with E-state index in [0.29, 0.717) is 18.2 Å². The minimum Gasteiger partial charge on any atom is -0.459 e. The van der Waals surface area contributed by atoms with Gasteiger partial charge < -0.3 is 24.0 Å². The molecule has 0 aliphatic carbocycles. The third-order valence-corrected chi connectivity index (χ3v) is 4.34. The van der Waals surface area contributed by atoms with Gasteiger partial charge in [-0.2, -0.15) is 10.2 Å². The summed E-state index contributed by atoms with van der Waals surface area (Å²) in [6.07, 6.45) is 1.54. The highest BCUT2D eigenvalue weighted by atomic mass is 16.4. The number of furan rings is 1. The van der Waals surface area contributed by atoms with E-state index in [-0.39, 0.29) is 17.6 Å². The van der Waals surface area contributed by atoms with Crippen molar-refractivity contribution in [3.63, 3.8) is 0 Å². The van der Waals surface area contributed by atoms with Crippen LogP contribution in [0.3, 0.4) is 0 Å². The average Bonchev–Trinajstić information content (AvgIpc) is 3.31. The minimum absolute atomic E-state index is 0.102. The van der Waals surface area contributed by atoms with Crippen molar-refractivity contribution in [3.8, 4) is 17.7 Å². The highest BCUT2D eigenvalue weighted by Crippen LogP contribution is 2.27. The normalized spacial score (nSPS) is 12.0. The van der Waals surface area contributed by atoms with Crippen molar-refractivity contribution in [2.45, 2.75) is 6.04 Å². The SMILES string of the molecule is CN(C)c1ccc(C(CNc2oc(-c3ccco3)nc2C#N)N(C)C)cc1. The first-order chi connectivity index (χ1) is 13.0. The molecule has 0 radical (unpaired) electrons. The van der Waals surface area contributed by atoms with Gasteiger partial charge in [-0.3, -0.25) is 0 Å². The van der Waals surface area contributed by atoms with Gasteiger partial charge in [0.25, 0.3) is 5.89 Å². The Morgan fingerprint density at radius 2 is 1.89 bits per heavy atom. The molecular formula is C20H23N5O2. The lowest BCUT2D eigenvalue weighted by Gasteiger charge is -2.25. The Morgan fingerprint density at radius 1 is 1.15 bits per heavy atom. The summed E-state index contributed by atoms with van der Waals surface area (Å²) in [5.74, 6) is 1.12. The molecule has 0 fully saturated rings. The topological polar surface area (TPSA) is 81.5 Å². The summed E-state index contributed by atoms with van der Waals surface area (Å²) in [7, 11) is 8.08. The molecule has 7 nitrogen and oxygen atoms in total. The maximum Gasteiger partial charge on any atom is 0.266 e. The first-order valence-electron chi connectivity index (χ1n) is 8.62. The third-order valence-electron chi connectivity index (χ3n) is 4.34. The molecule has 2 aromatic heterocycles. The molecule has 0 bridgehead atoms. The van der Waals surface area contributed by atoms with E-state index >= 15 is 0 Å². The molecule has 140 valence electrons. The second-order valence-corrected chi connectivity index (χ2v) is 6.63. The predicted octanol–water partition coefficient (Wildman–Crippen LogP) is 3.59. The van der Waals surface area contributed by atoms with Gasteiger partial charge in [0.05, 0.1) is 12.3 Å². The molecule has 7 heteroatoms. The molecule has 1 atom stereocenters. The van der Waals surface area contributed by atoms with Crippen LogP contribution in [0, 0.1) is 11.3 Å². The largest absolute Gasteiger partial charge is 0.459 e. The van der Waals surface area contributed by atoms with E-state index in [2.05, 4.69) is 50.4 Å². The van der Waals surface area contributed by atoms with Gasteiger partial charge in [0.1, 0.15) is 6.07 Å². The van der Waals surface area contributed by atoms with Crippen molar-refractivity contribution in [3.05, 3.63) is 53.9 Å². The molecule has 27 heavy (non-hydrogen) atoms. The maximum absolute atomic E-state index is 9.35. The number of anilines is 2. The molecule has 1 N–H and O–H groups in total. The van der Waals surface area contributed by atoms with Gasteiger partial charge in [0.2, 0.25) is 11.6 Å². The van der Waals surface area contributed by atoms with Crippen LogP contribution in [0.1, 0.15) is 17.3 Å². The minimum atomic E-state index is 0.102. The predicted molar refractivity (Wildman–Crippen MR) is 105 cm³/mol. The average molecular weight is 365 g/mol. The summed E-state index contributed by atoms with van der Waals surface area (Å²) in [5, 5.41) is 12.6. The lowest BCUT2D eigenvalue weighted by Crippen LogP contribution is -2.27. The first kappa shape index (κ1) is 18.5. The fourth-order valence-corrected chi connectivity index (χ4v) is 2.80. The van der Waals surface area contributed by atoms with Gasteiger partial charge in [0, 0.05) is 26.3 Å². The first-order valence-corrected chi connectivity index (χ1v) is 8.62. The molecular weight excluding hydrogens is 342 g/mol. The van der Waals surface area contributed by atoms with E-state index in [1.54, 1.807) is 12.1 Å². The van der Waals surface area contributed by atoms with Crippen molar-refractivity contribution < 1.29 is 8.83 Å². The Balaban J connectivity index is 1.77. The number of aromatic nitrogens is 1. The number of hydrogen-bond acceptors (Lipinski definition) is 7. The number of nitriles is 1. The summed E-state index contributed by atoms with van der Waals surface area (Å²) in [6.45, 7) is 0.565. The number of rotatable bonds is 7. The van der Waals surface area contributed by atoms with Gasteiger partial charge in [-0.15, -0.1) is 0 Å². The monoisotopic (exact) mass is 365 g/mol. The van der Waals surface area contributed by atoms with Crippen molar-refractivity contribution >= 4 is 11.6 Å². The number of nitrogens with zero attached hydrogens (tertiary/aromatic N) is 4. The molecule has 0 aliphatic heterocycles. The van der Waals surface area contributed by atoms with Crippen LogP contribution in [0.25, 0.3) is 11.7 Å². The van der Waals surface area contributed by atoms with Crippen LogP contribution in [-0.2, 0) is 0 Å². The fourth-order valence-electron chi connectivity index (χ4n) is 2.80. The van der Waals surface area contributed by atoms with E-state index in [1.807, 2.05) is 28.2 Å². The van der Waals surface area contributed by atoms with Crippen LogP contribution in [0.15, 0.2) is 51.5 Å². The van der Waals surface area contributed by atoms with Crippen molar-refractivity contribution in [2.24, 2.45) is 0 Å². The zero-order valence-electron chi connectivity index (χ0n) is 15.9. The quantitative estimate of drug-likeness (QED) is 0.685. The Labute approximate surface area is 158 Å². The molecule has 0 saturated heterocycles. The summed E-state index contributed by atoms with van der Waals surface area (Å²) < 4.78 is 11.0. The Morgan fingerprint density at radius 3 is 2.44 bits per heavy atom. The van der Waals surface area contributed by atoms with E-state index in [9.17, 15) is 5.26 Å². The molecule has 0 amide bonds. The van der Waals surface area contributed by atoms with Crippen molar-refractivity contribution in [1.82, 2.24) is 9.88 Å². The zero-order chi connectivity index (χ0) is 19.4. The number of hydrogen-bond donors (Lipinski definition) is 1. The van der Waals surface area contributed by atoms with Crippen LogP contribution in [0.4, 0.5) is 11.6 Å². The van der Waals surface area contributed by atoms with Gasteiger partial charge in [-0.05, 0) is 43.9 Å². The molecule has 0 aliphatic rings. The van der Waals surface area contributed by atoms with Crippen LogP contribution in [0.2, 0.25) is 0 Å². The number of benzene rings is 1. The Hall–Kier alpha value is -3.24. The smallest absolute Gasteiger partial charge is 0.266 e. The molecule has 2 heterocycles. The van der Waals surface area contributed by atoms with Crippen LogP contribution < -0.4 is 10.2 Å². The Bertz CT molecular complexity index is 905. The second kappa shape index (κ2) is 7.98. The van der Waals surface area contributed by atoms with Crippen molar-refractivity contribution in [1.29, 1.82) is 5.26 Å². The number of oxazole rings is 1. The van der Waals surface area contributed by atoms with Gasteiger partial charge in [0.15, 0.2) is 5.76 Å². The summed E-state index contributed by atoms with van der Waals surface area (Å²) in [6, 6.07) is 14.1. The van der Waals surface area contributed by atoms with E-state index in [4.69, 9.17) is 8.83 Å². The third kappa shape index (κ3) is 4.13. The van der Waals surface area contributed by atoms with E-state index in [0.717, 1.165) is 5.69 Å². The summed E-state index contributed by atoms with van der Waals surface area (Å²) in [5.41, 5.74) is 2.53. The summed E-state index contributed by atoms with van der Waals surface area (Å²) in [4.78, 5) is 8.38. The zero-order valence-corrected chi connectivity index (χ0v) is 15.9. The van der Waals surface area contributed by atoms with E-state index < -0.39 is 0 Å². The molecule has 0 saturated carbocycles. The molecule has 1 aromatic carbocycles. The highest BCUT2D eigenvalue weighted by Gasteiger charge is 2.19. The highest BCUT2D eigenvalue weighted by molar-refractivity contribution is 5.54. The standard InChI is InChI=1S/C20H23N5O2/c1-24(2)15-9-7-14(8-10-15)17(25(3)4)13-22-19-16(12-21)23-20(27-19)18-6-5-11-26-18/h5-11,17,22H,13H2,1-4H3. The molecule has 0 spiro atoms. The maximum atomic E-state index is 9.35. The van der Waals surface area contributed by atoms with Gasteiger partial charge in [-0.25, -0.2) is 0 Å². The molecule has 3 rings (SSSR count). The number of likely N-dealkylation sites (N-methyl/N-ethyl adjacent to an activating group) is 1. The number of nitrogens with one attached hydrogen (secondary N) is 1. The lowest BCUT2D eigenvalue weighted by atomic mass is 10.1. The van der Waals surface area contributed by atoms with E-state index in [1.165, 1.54) is 11.8 Å². The van der Waals surface area contributed by atoms with Crippen molar-refractivity contribution in [2.75, 3.05) is 45.0 Å². The fraction of sp³-hybridized carbons (Fsp3) is 0.300. The van der Waals surface area contributed by atoms with Crippen LogP contribution >= 0.6 is 0 Å². The lowest BCUT2D eigenvalue weighted by molar-refractivity contribution is 0.310. The van der Waals surface area contributed by atoms with Crippen LogP contribution in [-0.4, -0.2) is 44.6 Å². The Kier molecular flexibility index (Phi) is 5.48. The molecule has 1 unspecified atom stereocenters. The second-order valence-electron chi connectivity index (χ2n) is 6.63. The summed E-state index contributed by atoms with van der Waals surface area (Å²) >= 11 is 0. The molecule has 3 aromatic rings. The van der Waals surface area contributed by atoms with Crippen LogP contribution in [0.5, 0.6) is 0 Å².